The third-order valence-corrected chi connectivity index (χ3v) is 5.97. The van der Waals surface area contributed by atoms with Gasteiger partial charge in [0, 0.05) is 24.7 Å². The molecule has 1 saturated heterocycles. The van der Waals surface area contributed by atoms with Crippen LogP contribution in [0.3, 0.4) is 0 Å². The summed E-state index contributed by atoms with van der Waals surface area (Å²) in [6.07, 6.45) is 7.21. The third-order valence-electron chi connectivity index (χ3n) is 5.97. The molecule has 28 heavy (non-hydrogen) atoms. The lowest BCUT2D eigenvalue weighted by Crippen LogP contribution is -2.25. The molecule has 0 aromatic carbocycles. The van der Waals surface area contributed by atoms with E-state index in [1.807, 2.05) is 6.92 Å². The number of halogens is 1. The summed E-state index contributed by atoms with van der Waals surface area (Å²) >= 11 is 0. The molecular formula is C22H35FO5. The number of carbonyl (C=O) groups is 1. The number of rotatable bonds is 10. The first-order valence-electron chi connectivity index (χ1n) is 10.5. The lowest BCUT2D eigenvalue weighted by Gasteiger charge is -2.20. The van der Waals surface area contributed by atoms with Gasteiger partial charge in [-0.15, -0.1) is 0 Å². The molecule has 1 saturated carbocycles. The van der Waals surface area contributed by atoms with Crippen LogP contribution in [0.4, 0.5) is 4.39 Å². The van der Waals surface area contributed by atoms with Gasteiger partial charge >= 0.3 is 5.97 Å². The van der Waals surface area contributed by atoms with Gasteiger partial charge in [0.25, 0.3) is 0 Å². The first-order valence-corrected chi connectivity index (χ1v) is 10.5. The van der Waals surface area contributed by atoms with Crippen molar-refractivity contribution in [3.63, 3.8) is 0 Å². The quantitative estimate of drug-likeness (QED) is 0.333. The van der Waals surface area contributed by atoms with Crippen LogP contribution in [0.25, 0.3) is 0 Å². The SMILES string of the molecule is CCCCC(C)[C@@H](O)C=C[C@@H]1[C@H]2[C@H](F)C(=CCCCC(=O)OC)O[C@@H]2C[C@H]1O. The van der Waals surface area contributed by atoms with E-state index in [-0.39, 0.29) is 23.9 Å². The molecule has 1 aliphatic carbocycles. The van der Waals surface area contributed by atoms with Crippen LogP contribution >= 0.6 is 0 Å². The van der Waals surface area contributed by atoms with Gasteiger partial charge in [-0.3, -0.25) is 4.79 Å². The molecule has 2 rings (SSSR count). The Balaban J connectivity index is 1.93. The number of allylic oxidation sites excluding steroid dienone is 2. The number of ether oxygens (including phenoxy) is 2. The maximum absolute atomic E-state index is 15.0. The highest BCUT2D eigenvalue weighted by atomic mass is 19.1. The Labute approximate surface area is 167 Å². The van der Waals surface area contributed by atoms with E-state index in [0.717, 1.165) is 19.3 Å². The molecule has 2 fully saturated rings. The normalized spacial score (nSPS) is 33.1. The van der Waals surface area contributed by atoms with Gasteiger partial charge in [0.15, 0.2) is 6.17 Å². The zero-order valence-electron chi connectivity index (χ0n) is 17.2. The predicted octanol–water partition coefficient (Wildman–Crippen LogP) is 3.69. The van der Waals surface area contributed by atoms with Gasteiger partial charge in [0.1, 0.15) is 11.9 Å². The Hall–Kier alpha value is -1.40. The fraction of sp³-hybridized carbons (Fsp3) is 0.773. The molecule has 6 heteroatoms. The van der Waals surface area contributed by atoms with Crippen LogP contribution < -0.4 is 0 Å². The second kappa shape index (κ2) is 11.0. The van der Waals surface area contributed by atoms with Gasteiger partial charge in [-0.1, -0.05) is 38.8 Å². The van der Waals surface area contributed by atoms with E-state index in [1.165, 1.54) is 7.11 Å². The number of esters is 1. The molecule has 0 amide bonds. The fourth-order valence-electron chi connectivity index (χ4n) is 4.14. The van der Waals surface area contributed by atoms with Crippen molar-refractivity contribution in [1.29, 1.82) is 0 Å². The van der Waals surface area contributed by atoms with Crippen LogP contribution in [0.1, 0.15) is 58.8 Å². The Bertz CT molecular complexity index is 561. The fourth-order valence-corrected chi connectivity index (χ4v) is 4.14. The van der Waals surface area contributed by atoms with Crippen molar-refractivity contribution in [1.82, 2.24) is 0 Å². The highest BCUT2D eigenvalue weighted by Crippen LogP contribution is 2.47. The molecular weight excluding hydrogens is 363 g/mol. The van der Waals surface area contributed by atoms with Crippen molar-refractivity contribution in [2.24, 2.45) is 17.8 Å². The summed E-state index contributed by atoms with van der Waals surface area (Å²) in [6, 6.07) is 0. The van der Waals surface area contributed by atoms with Gasteiger partial charge in [-0.25, -0.2) is 4.39 Å². The summed E-state index contributed by atoms with van der Waals surface area (Å²) in [4.78, 5) is 11.1. The van der Waals surface area contributed by atoms with E-state index in [9.17, 15) is 19.4 Å². The van der Waals surface area contributed by atoms with Crippen LogP contribution in [0.5, 0.6) is 0 Å². The van der Waals surface area contributed by atoms with Crippen LogP contribution in [0, 0.1) is 17.8 Å². The predicted molar refractivity (Wildman–Crippen MR) is 105 cm³/mol. The van der Waals surface area contributed by atoms with Crippen molar-refractivity contribution < 1.29 is 28.9 Å². The number of unbranched alkanes of at least 4 members (excludes halogenated alkanes) is 2. The number of fused-ring (bicyclic) bond motifs is 1. The van der Waals surface area contributed by atoms with Crippen LogP contribution in [-0.2, 0) is 14.3 Å². The number of hydrogen-bond acceptors (Lipinski definition) is 5. The third kappa shape index (κ3) is 5.80. The molecule has 0 bridgehead atoms. The van der Waals surface area contributed by atoms with Gasteiger partial charge in [-0.2, -0.15) is 0 Å². The van der Waals surface area contributed by atoms with Crippen molar-refractivity contribution in [3.05, 3.63) is 24.0 Å². The smallest absolute Gasteiger partial charge is 0.305 e. The summed E-state index contributed by atoms with van der Waals surface area (Å²) in [5.74, 6) is -0.636. The molecule has 5 nitrogen and oxygen atoms in total. The number of hydrogen-bond donors (Lipinski definition) is 2. The molecule has 1 heterocycles. The molecule has 0 radical (unpaired) electrons. The van der Waals surface area contributed by atoms with Crippen LogP contribution in [0.15, 0.2) is 24.0 Å². The molecule has 0 spiro atoms. The number of aliphatic hydroxyl groups is 2. The van der Waals surface area contributed by atoms with Crippen molar-refractivity contribution in [2.45, 2.75) is 83.3 Å². The van der Waals surface area contributed by atoms with Gasteiger partial charge in [0.05, 0.1) is 19.3 Å². The highest BCUT2D eigenvalue weighted by Gasteiger charge is 2.53. The molecule has 160 valence electrons. The van der Waals surface area contributed by atoms with Crippen molar-refractivity contribution >= 4 is 5.97 Å². The lowest BCUT2D eigenvalue weighted by atomic mass is 9.88. The van der Waals surface area contributed by atoms with Crippen molar-refractivity contribution in [2.75, 3.05) is 7.11 Å². The number of methoxy groups -OCH3 is 1. The summed E-state index contributed by atoms with van der Waals surface area (Å²) in [5.41, 5.74) is 0. The van der Waals surface area contributed by atoms with E-state index in [4.69, 9.17) is 4.74 Å². The first-order chi connectivity index (χ1) is 13.4. The molecule has 0 aromatic rings. The summed E-state index contributed by atoms with van der Waals surface area (Å²) in [7, 11) is 1.35. The molecule has 0 aromatic heterocycles. The molecule has 1 unspecified atom stereocenters. The lowest BCUT2D eigenvalue weighted by molar-refractivity contribution is -0.140. The van der Waals surface area contributed by atoms with E-state index >= 15 is 0 Å². The Morgan fingerprint density at radius 2 is 2.18 bits per heavy atom. The zero-order valence-corrected chi connectivity index (χ0v) is 17.2. The van der Waals surface area contributed by atoms with E-state index in [1.54, 1.807) is 18.2 Å². The Morgan fingerprint density at radius 3 is 2.86 bits per heavy atom. The summed E-state index contributed by atoms with van der Waals surface area (Å²) in [5, 5.41) is 20.7. The van der Waals surface area contributed by atoms with E-state index in [0.29, 0.717) is 31.4 Å². The minimum atomic E-state index is -1.27. The minimum Gasteiger partial charge on any atom is -0.491 e. The number of alkyl halides is 1. The van der Waals surface area contributed by atoms with Gasteiger partial charge < -0.3 is 19.7 Å². The van der Waals surface area contributed by atoms with Gasteiger partial charge in [0.2, 0.25) is 0 Å². The standard InChI is InChI=1S/C22H35FO5/c1-4-5-8-14(2)16(24)12-11-15-17(25)13-19-21(15)22(23)18(28-19)9-6-7-10-20(26)27-3/h9,11-12,14-17,19,21-22,24-25H,4-8,10,13H2,1-3H3/t14?,15-,16-,17+,19+,21+,22+/m0/s1. The zero-order chi connectivity index (χ0) is 20.7. The monoisotopic (exact) mass is 398 g/mol. The van der Waals surface area contributed by atoms with E-state index in [2.05, 4.69) is 11.7 Å². The van der Waals surface area contributed by atoms with Gasteiger partial charge in [-0.05, 0) is 31.3 Å². The minimum absolute atomic E-state index is 0.136. The summed E-state index contributed by atoms with van der Waals surface area (Å²) < 4.78 is 25.3. The average molecular weight is 399 g/mol. The molecule has 2 N–H and O–H groups in total. The number of aliphatic hydroxyl groups excluding tert-OH is 2. The Kier molecular flexibility index (Phi) is 8.96. The largest absolute Gasteiger partial charge is 0.491 e. The maximum atomic E-state index is 15.0. The Morgan fingerprint density at radius 1 is 1.43 bits per heavy atom. The first kappa shape index (κ1) is 22.9. The van der Waals surface area contributed by atoms with Crippen molar-refractivity contribution in [3.8, 4) is 0 Å². The molecule has 1 aliphatic heterocycles. The number of carbonyl (C=O) groups excluding carboxylic acids is 1. The van der Waals surface area contributed by atoms with E-state index < -0.39 is 24.3 Å². The summed E-state index contributed by atoms with van der Waals surface area (Å²) in [6.45, 7) is 4.12. The van der Waals surface area contributed by atoms with Crippen LogP contribution in [0.2, 0.25) is 0 Å². The molecule has 2 aliphatic rings. The second-order valence-corrected chi connectivity index (χ2v) is 8.09. The maximum Gasteiger partial charge on any atom is 0.305 e. The second-order valence-electron chi connectivity index (χ2n) is 8.09. The highest BCUT2D eigenvalue weighted by molar-refractivity contribution is 5.69. The van der Waals surface area contributed by atoms with Crippen LogP contribution in [-0.4, -0.2) is 47.8 Å². The molecule has 7 atom stereocenters. The topological polar surface area (TPSA) is 76.0 Å². The average Bonchev–Trinajstić information content (AvgIpc) is 3.15.